The van der Waals surface area contributed by atoms with Gasteiger partial charge in [0.25, 0.3) is 10.0 Å². The molecule has 0 spiro atoms. The first kappa shape index (κ1) is 14.5. The fraction of sp³-hybridized carbons (Fsp3) is 0. The van der Waals surface area contributed by atoms with Crippen molar-refractivity contribution in [1.82, 2.24) is 0 Å². The Hall–Kier alpha value is -1.91. The van der Waals surface area contributed by atoms with Crippen molar-refractivity contribution in [3.8, 4) is 6.07 Å². The molecule has 0 bridgehead atoms. The third-order valence-corrected chi connectivity index (χ3v) is 4.47. The van der Waals surface area contributed by atoms with E-state index in [1.54, 1.807) is 0 Å². The highest BCUT2D eigenvalue weighted by Gasteiger charge is 2.15. The minimum atomic E-state index is -3.86. The van der Waals surface area contributed by atoms with E-state index in [1.807, 2.05) is 6.07 Å². The summed E-state index contributed by atoms with van der Waals surface area (Å²) in [5.41, 5.74) is 0.336. The Morgan fingerprint density at radius 3 is 2.60 bits per heavy atom. The number of anilines is 1. The molecule has 2 rings (SSSR count). The molecule has 0 aliphatic heterocycles. The number of rotatable bonds is 3. The first-order chi connectivity index (χ1) is 9.42. The summed E-state index contributed by atoms with van der Waals surface area (Å²) < 4.78 is 40.1. The molecule has 0 saturated heterocycles. The summed E-state index contributed by atoms with van der Waals surface area (Å²) in [6.07, 6.45) is 0. The third kappa shape index (κ3) is 3.15. The van der Waals surface area contributed by atoms with Crippen molar-refractivity contribution >= 4 is 31.6 Å². The summed E-state index contributed by atoms with van der Waals surface area (Å²) in [5.74, 6) is -0.573. The second-order valence-corrected chi connectivity index (χ2v) is 6.41. The highest BCUT2D eigenvalue weighted by Crippen LogP contribution is 2.22. The van der Waals surface area contributed by atoms with E-state index in [4.69, 9.17) is 5.26 Å². The average Bonchev–Trinajstić information content (AvgIpc) is 2.43. The van der Waals surface area contributed by atoms with Gasteiger partial charge < -0.3 is 0 Å². The third-order valence-electron chi connectivity index (χ3n) is 2.45. The molecule has 0 aliphatic carbocycles. The van der Waals surface area contributed by atoms with Crippen molar-refractivity contribution in [2.75, 3.05) is 4.72 Å². The van der Waals surface area contributed by atoms with Crippen molar-refractivity contribution in [3.63, 3.8) is 0 Å². The molecule has 102 valence electrons. The lowest BCUT2D eigenvalue weighted by Crippen LogP contribution is -2.13. The quantitative estimate of drug-likeness (QED) is 0.919. The maximum Gasteiger partial charge on any atom is 0.261 e. The van der Waals surface area contributed by atoms with Crippen LogP contribution < -0.4 is 4.72 Å². The highest BCUT2D eigenvalue weighted by atomic mass is 79.9. The van der Waals surface area contributed by atoms with Gasteiger partial charge in [0.15, 0.2) is 0 Å². The Balaban J connectivity index is 2.35. The fourth-order valence-electron chi connectivity index (χ4n) is 1.51. The van der Waals surface area contributed by atoms with Crippen LogP contribution in [0.15, 0.2) is 51.8 Å². The molecule has 0 unspecified atom stereocenters. The van der Waals surface area contributed by atoms with E-state index < -0.39 is 15.8 Å². The summed E-state index contributed by atoms with van der Waals surface area (Å²) in [6.45, 7) is 0. The lowest BCUT2D eigenvalue weighted by atomic mass is 10.2. The average molecular weight is 355 g/mol. The largest absolute Gasteiger partial charge is 0.280 e. The SMILES string of the molecule is N#Cc1cccc(S(=O)(=O)Nc2ccc(Br)c(F)c2)c1. The zero-order valence-electron chi connectivity index (χ0n) is 9.97. The second kappa shape index (κ2) is 5.61. The summed E-state index contributed by atoms with van der Waals surface area (Å²) in [7, 11) is -3.86. The van der Waals surface area contributed by atoms with Gasteiger partial charge >= 0.3 is 0 Å². The standard InChI is InChI=1S/C13H8BrFN2O2S/c14-12-5-4-10(7-13(12)15)17-20(18,19)11-3-1-2-9(6-11)8-16/h1-7,17H. The Bertz CT molecular complexity index is 800. The summed E-state index contributed by atoms with van der Waals surface area (Å²) in [5, 5.41) is 8.76. The maximum absolute atomic E-state index is 13.4. The molecule has 1 N–H and O–H groups in total. The molecule has 20 heavy (non-hydrogen) atoms. The number of nitriles is 1. The van der Waals surface area contributed by atoms with Gasteiger partial charge in [-0.2, -0.15) is 5.26 Å². The molecule has 0 aromatic heterocycles. The Morgan fingerprint density at radius 2 is 1.95 bits per heavy atom. The molecular weight excluding hydrogens is 347 g/mol. The molecule has 0 aliphatic rings. The number of nitrogens with zero attached hydrogens (tertiary/aromatic N) is 1. The number of sulfonamides is 1. The van der Waals surface area contributed by atoms with Crippen LogP contribution in [0.3, 0.4) is 0 Å². The predicted molar refractivity (Wildman–Crippen MR) is 76.1 cm³/mol. The van der Waals surface area contributed by atoms with Gasteiger partial charge in [0.05, 0.1) is 26.7 Å². The van der Waals surface area contributed by atoms with Gasteiger partial charge in [0, 0.05) is 0 Å². The Kier molecular flexibility index (Phi) is 4.06. The summed E-state index contributed by atoms with van der Waals surface area (Å²) in [6, 6.07) is 11.3. The first-order valence-electron chi connectivity index (χ1n) is 5.40. The van der Waals surface area contributed by atoms with Crippen LogP contribution in [-0.4, -0.2) is 8.42 Å². The topological polar surface area (TPSA) is 70.0 Å². The monoisotopic (exact) mass is 354 g/mol. The highest BCUT2D eigenvalue weighted by molar-refractivity contribution is 9.10. The minimum Gasteiger partial charge on any atom is -0.280 e. The van der Waals surface area contributed by atoms with Crippen LogP contribution in [0, 0.1) is 17.1 Å². The number of hydrogen-bond donors (Lipinski definition) is 1. The number of hydrogen-bond acceptors (Lipinski definition) is 3. The van der Waals surface area contributed by atoms with E-state index in [0.29, 0.717) is 0 Å². The van der Waals surface area contributed by atoms with Crippen molar-refractivity contribution in [1.29, 1.82) is 5.26 Å². The van der Waals surface area contributed by atoms with E-state index in [-0.39, 0.29) is 20.6 Å². The second-order valence-electron chi connectivity index (χ2n) is 3.87. The van der Waals surface area contributed by atoms with Crippen LogP contribution in [0.25, 0.3) is 0 Å². The zero-order chi connectivity index (χ0) is 14.8. The molecule has 2 aromatic rings. The molecule has 0 saturated carbocycles. The Morgan fingerprint density at radius 1 is 1.20 bits per heavy atom. The molecule has 2 aromatic carbocycles. The number of halogens is 2. The van der Waals surface area contributed by atoms with Gasteiger partial charge in [-0.3, -0.25) is 4.72 Å². The number of benzene rings is 2. The van der Waals surface area contributed by atoms with E-state index in [9.17, 15) is 12.8 Å². The smallest absolute Gasteiger partial charge is 0.261 e. The van der Waals surface area contributed by atoms with Crippen molar-refractivity contribution in [3.05, 3.63) is 58.3 Å². The molecule has 0 atom stereocenters. The first-order valence-corrected chi connectivity index (χ1v) is 7.68. The molecule has 7 heteroatoms. The molecule has 0 heterocycles. The number of nitrogens with one attached hydrogen (secondary N) is 1. The van der Waals surface area contributed by atoms with E-state index in [0.717, 1.165) is 6.07 Å². The van der Waals surface area contributed by atoms with Crippen LogP contribution in [-0.2, 0) is 10.0 Å². The van der Waals surface area contributed by atoms with Crippen LogP contribution in [0.5, 0.6) is 0 Å². The minimum absolute atomic E-state index is 0.0557. The lowest BCUT2D eigenvalue weighted by molar-refractivity contribution is 0.601. The van der Waals surface area contributed by atoms with Gasteiger partial charge in [-0.05, 0) is 52.3 Å². The van der Waals surface area contributed by atoms with Crippen molar-refractivity contribution in [2.24, 2.45) is 0 Å². The van der Waals surface area contributed by atoms with Crippen LogP contribution in [0.2, 0.25) is 0 Å². The van der Waals surface area contributed by atoms with Gasteiger partial charge in [-0.1, -0.05) is 6.07 Å². The van der Waals surface area contributed by atoms with Gasteiger partial charge in [0.2, 0.25) is 0 Å². The Labute approximate surface area is 124 Å². The van der Waals surface area contributed by atoms with Gasteiger partial charge in [0.1, 0.15) is 5.82 Å². The van der Waals surface area contributed by atoms with Gasteiger partial charge in [-0.25, -0.2) is 12.8 Å². The van der Waals surface area contributed by atoms with E-state index >= 15 is 0 Å². The molecule has 0 radical (unpaired) electrons. The van der Waals surface area contributed by atoms with Crippen LogP contribution >= 0.6 is 15.9 Å². The van der Waals surface area contributed by atoms with Crippen LogP contribution in [0.1, 0.15) is 5.56 Å². The van der Waals surface area contributed by atoms with Crippen molar-refractivity contribution in [2.45, 2.75) is 4.90 Å². The summed E-state index contributed by atoms with van der Waals surface area (Å²) in [4.78, 5) is -0.0557. The molecule has 0 amide bonds. The van der Waals surface area contributed by atoms with Gasteiger partial charge in [-0.15, -0.1) is 0 Å². The molecule has 0 fully saturated rings. The van der Waals surface area contributed by atoms with Crippen molar-refractivity contribution < 1.29 is 12.8 Å². The molecular formula is C13H8BrFN2O2S. The van der Waals surface area contributed by atoms with E-state index in [1.165, 1.54) is 36.4 Å². The summed E-state index contributed by atoms with van der Waals surface area (Å²) >= 11 is 2.98. The fourth-order valence-corrected chi connectivity index (χ4v) is 2.85. The predicted octanol–water partition coefficient (Wildman–Crippen LogP) is 3.26. The van der Waals surface area contributed by atoms with Crippen LogP contribution in [0.4, 0.5) is 10.1 Å². The lowest BCUT2D eigenvalue weighted by Gasteiger charge is -2.08. The molecule has 4 nitrogen and oxygen atoms in total. The zero-order valence-corrected chi connectivity index (χ0v) is 12.4. The van der Waals surface area contributed by atoms with E-state index in [2.05, 4.69) is 20.7 Å². The normalized spacial score (nSPS) is 10.8. The maximum atomic E-state index is 13.4.